The van der Waals surface area contributed by atoms with Crippen molar-refractivity contribution >= 4 is 23.3 Å². The zero-order chi connectivity index (χ0) is 18.4. The van der Waals surface area contributed by atoms with Crippen molar-refractivity contribution in [3.05, 3.63) is 83.2 Å². The summed E-state index contributed by atoms with van der Waals surface area (Å²) in [6, 6.07) is 14.0. The van der Waals surface area contributed by atoms with Gasteiger partial charge in [0.05, 0.1) is 11.4 Å². The summed E-state index contributed by atoms with van der Waals surface area (Å²) in [4.78, 5) is 15.4. The van der Waals surface area contributed by atoms with Crippen molar-refractivity contribution in [3.63, 3.8) is 0 Å². The van der Waals surface area contributed by atoms with Gasteiger partial charge in [0, 0.05) is 17.5 Å². The maximum atomic E-state index is 10.9. The molecule has 2 aromatic rings. The molecule has 0 aliphatic heterocycles. The first-order valence-electron chi connectivity index (χ1n) is 8.21. The average molecular weight is 332 g/mol. The monoisotopic (exact) mass is 332 g/mol. The van der Waals surface area contributed by atoms with E-state index in [0.717, 1.165) is 40.1 Å². The molecule has 0 amide bonds. The Hall–Kier alpha value is -2.94. The normalized spacial score (nSPS) is 12.0. The molecule has 0 aromatic heterocycles. The molecule has 128 valence electrons. The van der Waals surface area contributed by atoms with E-state index in [1.165, 1.54) is 5.56 Å². The Morgan fingerprint density at radius 2 is 1.76 bits per heavy atom. The smallest absolute Gasteiger partial charge is 0.150 e. The second kappa shape index (κ2) is 8.25. The van der Waals surface area contributed by atoms with Crippen LogP contribution in [-0.4, -0.2) is 12.0 Å². The Kier molecular flexibility index (Phi) is 6.07. The first-order valence-corrected chi connectivity index (χ1v) is 8.21. The van der Waals surface area contributed by atoms with Crippen LogP contribution < -0.4 is 5.32 Å². The lowest BCUT2D eigenvalue weighted by molar-refractivity contribution is 0.112. The highest BCUT2D eigenvalue weighted by atomic mass is 16.1. The Labute approximate surface area is 149 Å². The van der Waals surface area contributed by atoms with Gasteiger partial charge < -0.3 is 5.32 Å². The molecule has 0 aliphatic rings. The van der Waals surface area contributed by atoms with E-state index in [0.29, 0.717) is 5.56 Å². The molecule has 0 saturated carbocycles. The standard InChI is InChI=1S/C22H24N2O/c1-15-6-8-20(9-7-15)17(3)13-23-18(4)19(5)24-22-11-10-21(14-25)16(2)12-22/h6-14,24H,5H2,1-4H3/b17-13+,23-18?. The number of allylic oxidation sites excluding steroid dienone is 2. The lowest BCUT2D eigenvalue weighted by Gasteiger charge is -2.10. The van der Waals surface area contributed by atoms with E-state index in [2.05, 4.69) is 48.1 Å². The van der Waals surface area contributed by atoms with Gasteiger partial charge in [0.25, 0.3) is 0 Å². The minimum absolute atomic E-state index is 0.693. The summed E-state index contributed by atoms with van der Waals surface area (Å²) in [5.41, 5.74) is 7.54. The summed E-state index contributed by atoms with van der Waals surface area (Å²) in [5, 5.41) is 3.23. The van der Waals surface area contributed by atoms with Gasteiger partial charge >= 0.3 is 0 Å². The summed E-state index contributed by atoms with van der Waals surface area (Å²) in [6.07, 6.45) is 2.72. The zero-order valence-corrected chi connectivity index (χ0v) is 15.3. The van der Waals surface area contributed by atoms with Crippen LogP contribution in [0.5, 0.6) is 0 Å². The van der Waals surface area contributed by atoms with E-state index in [1.54, 1.807) is 6.07 Å². The summed E-state index contributed by atoms with van der Waals surface area (Å²) in [5.74, 6) is 0. The Balaban J connectivity index is 2.09. The Morgan fingerprint density at radius 1 is 1.08 bits per heavy atom. The van der Waals surface area contributed by atoms with Crippen molar-refractivity contribution in [3.8, 4) is 0 Å². The van der Waals surface area contributed by atoms with Gasteiger partial charge in [-0.2, -0.15) is 0 Å². The fourth-order valence-electron chi connectivity index (χ4n) is 2.31. The van der Waals surface area contributed by atoms with E-state index in [9.17, 15) is 4.79 Å². The molecule has 0 atom stereocenters. The molecule has 25 heavy (non-hydrogen) atoms. The van der Waals surface area contributed by atoms with Crippen molar-refractivity contribution < 1.29 is 4.79 Å². The molecule has 2 rings (SSSR count). The number of anilines is 1. The highest BCUT2D eigenvalue weighted by Gasteiger charge is 2.02. The number of aldehydes is 1. The van der Waals surface area contributed by atoms with Crippen molar-refractivity contribution in [2.45, 2.75) is 27.7 Å². The van der Waals surface area contributed by atoms with Crippen LogP contribution >= 0.6 is 0 Å². The summed E-state index contributed by atoms with van der Waals surface area (Å²) in [6.45, 7) is 12.0. The van der Waals surface area contributed by atoms with Crippen molar-refractivity contribution in [1.82, 2.24) is 0 Å². The topological polar surface area (TPSA) is 41.5 Å². The molecule has 0 aliphatic carbocycles. The van der Waals surface area contributed by atoms with Gasteiger partial charge in [-0.3, -0.25) is 9.79 Å². The van der Waals surface area contributed by atoms with Crippen LogP contribution in [0.2, 0.25) is 0 Å². The number of hydrogen-bond acceptors (Lipinski definition) is 3. The second-order valence-electron chi connectivity index (χ2n) is 6.19. The number of carbonyl (C=O) groups is 1. The third-order valence-corrected chi connectivity index (χ3v) is 4.09. The van der Waals surface area contributed by atoms with E-state index >= 15 is 0 Å². The molecule has 0 radical (unpaired) electrons. The number of hydrogen-bond donors (Lipinski definition) is 1. The third-order valence-electron chi connectivity index (χ3n) is 4.09. The Bertz CT molecular complexity index is 843. The molecule has 3 nitrogen and oxygen atoms in total. The number of aliphatic imine (C=N–C) groups is 1. The number of rotatable bonds is 6. The quantitative estimate of drug-likeness (QED) is 0.555. The SMILES string of the molecule is C=C(Nc1ccc(C=O)c(C)c1)C(C)=N/C=C(\C)c1ccc(C)cc1. The molecule has 0 saturated heterocycles. The van der Waals surface area contributed by atoms with Crippen molar-refractivity contribution in [2.75, 3.05) is 5.32 Å². The highest BCUT2D eigenvalue weighted by Crippen LogP contribution is 2.17. The fraction of sp³-hybridized carbons (Fsp3) is 0.182. The third kappa shape index (κ3) is 5.01. The van der Waals surface area contributed by atoms with Crippen molar-refractivity contribution in [2.24, 2.45) is 4.99 Å². The number of nitrogens with zero attached hydrogens (tertiary/aromatic N) is 1. The molecular formula is C22H24N2O. The van der Waals surface area contributed by atoms with Gasteiger partial charge in [-0.15, -0.1) is 0 Å². The first-order chi connectivity index (χ1) is 11.9. The van der Waals surface area contributed by atoms with Gasteiger partial charge in [-0.25, -0.2) is 0 Å². The molecule has 0 fully saturated rings. The minimum atomic E-state index is 0.693. The first kappa shape index (κ1) is 18.4. The van der Waals surface area contributed by atoms with Gasteiger partial charge in [-0.1, -0.05) is 36.4 Å². The van der Waals surface area contributed by atoms with E-state index < -0.39 is 0 Å². The number of benzene rings is 2. The molecule has 1 N–H and O–H groups in total. The average Bonchev–Trinajstić information content (AvgIpc) is 2.60. The lowest BCUT2D eigenvalue weighted by atomic mass is 10.1. The largest absolute Gasteiger partial charge is 0.355 e. The fourth-order valence-corrected chi connectivity index (χ4v) is 2.31. The Morgan fingerprint density at radius 3 is 2.36 bits per heavy atom. The maximum absolute atomic E-state index is 10.9. The second-order valence-corrected chi connectivity index (χ2v) is 6.19. The van der Waals surface area contributed by atoms with Gasteiger partial charge in [0.2, 0.25) is 0 Å². The summed E-state index contributed by atoms with van der Waals surface area (Å²) < 4.78 is 0. The predicted octanol–water partition coefficient (Wildman–Crippen LogP) is 5.56. The molecule has 0 spiro atoms. The number of nitrogens with one attached hydrogen (secondary N) is 1. The molecule has 0 unspecified atom stereocenters. The molecule has 3 heteroatoms. The molecule has 0 bridgehead atoms. The van der Waals surface area contributed by atoms with Crippen LogP contribution in [0, 0.1) is 13.8 Å². The molecule has 2 aromatic carbocycles. The maximum Gasteiger partial charge on any atom is 0.150 e. The number of aryl methyl sites for hydroxylation is 2. The number of carbonyl (C=O) groups excluding carboxylic acids is 1. The van der Waals surface area contributed by atoms with Gasteiger partial charge in [-0.05, 0) is 62.6 Å². The summed E-state index contributed by atoms with van der Waals surface area (Å²) in [7, 11) is 0. The van der Waals surface area contributed by atoms with Crippen LogP contribution in [0.1, 0.15) is 40.9 Å². The highest BCUT2D eigenvalue weighted by molar-refractivity contribution is 6.00. The predicted molar refractivity (Wildman–Crippen MR) is 107 cm³/mol. The molecule has 0 heterocycles. The minimum Gasteiger partial charge on any atom is -0.355 e. The van der Waals surface area contributed by atoms with E-state index in [1.807, 2.05) is 39.1 Å². The van der Waals surface area contributed by atoms with Crippen LogP contribution in [0.3, 0.4) is 0 Å². The van der Waals surface area contributed by atoms with E-state index in [4.69, 9.17) is 0 Å². The van der Waals surface area contributed by atoms with Gasteiger partial charge in [0.1, 0.15) is 6.29 Å². The van der Waals surface area contributed by atoms with Crippen molar-refractivity contribution in [1.29, 1.82) is 0 Å². The van der Waals surface area contributed by atoms with Crippen LogP contribution in [0.25, 0.3) is 5.57 Å². The van der Waals surface area contributed by atoms with E-state index in [-0.39, 0.29) is 0 Å². The van der Waals surface area contributed by atoms with Crippen LogP contribution in [-0.2, 0) is 0 Å². The summed E-state index contributed by atoms with van der Waals surface area (Å²) >= 11 is 0. The van der Waals surface area contributed by atoms with Crippen LogP contribution in [0.15, 0.2) is 65.9 Å². The lowest BCUT2D eigenvalue weighted by Crippen LogP contribution is -2.07. The zero-order valence-electron chi connectivity index (χ0n) is 15.3. The molecular weight excluding hydrogens is 308 g/mol. The van der Waals surface area contributed by atoms with Crippen LogP contribution in [0.4, 0.5) is 5.69 Å². The van der Waals surface area contributed by atoms with Gasteiger partial charge in [0.15, 0.2) is 0 Å².